The number of hydrogen-bond acceptors (Lipinski definition) is 7. The molecule has 1 aromatic rings. The summed E-state index contributed by atoms with van der Waals surface area (Å²) in [6, 6.07) is -0.586. The van der Waals surface area contributed by atoms with Crippen LogP contribution in [0.1, 0.15) is 12.8 Å². The van der Waals surface area contributed by atoms with Crippen LogP contribution in [0, 0.1) is 5.92 Å². The van der Waals surface area contributed by atoms with E-state index in [0.717, 1.165) is 16.7 Å². The van der Waals surface area contributed by atoms with Gasteiger partial charge in [-0.05, 0) is 6.92 Å². The highest BCUT2D eigenvalue weighted by Crippen LogP contribution is 2.20. The van der Waals surface area contributed by atoms with Crippen LogP contribution in [0.15, 0.2) is 14.6 Å². The number of nitrogens with two attached hydrogens (primary N) is 1. The molecule has 1 atom stereocenters. The smallest absolute Gasteiger partial charge is 0.349 e. The first-order valence-electron chi connectivity index (χ1n) is 5.98. The summed E-state index contributed by atoms with van der Waals surface area (Å²) in [6.45, 7) is 1.60. The molecule has 0 bridgehead atoms. The quantitative estimate of drug-likeness (QED) is 0.748. The number of imide groups is 1. The third kappa shape index (κ3) is 3.45. The molecule has 0 fully saturated rings. The van der Waals surface area contributed by atoms with E-state index in [1.807, 2.05) is 0 Å². The highest BCUT2D eigenvalue weighted by atomic mass is 32.2. The molecule has 0 aromatic carbocycles. The molecule has 2 rings (SSSR count). The van der Waals surface area contributed by atoms with Crippen LogP contribution in [0.25, 0.3) is 0 Å². The Morgan fingerprint density at radius 2 is 2.14 bits per heavy atom. The molecular formula is C11H13N5O4S. The molecule has 112 valence electrons. The SMILES string of the molecule is CC1=NC(=O)N(C)C(=O)C1Cc1nnc(SCC(N)=O)o1. The Kier molecular flexibility index (Phi) is 4.36. The normalized spacial score (nSPS) is 18.9. The number of nitrogens with zero attached hydrogens (tertiary/aromatic N) is 4. The second-order valence-corrected chi connectivity index (χ2v) is 5.33. The van der Waals surface area contributed by atoms with E-state index >= 15 is 0 Å². The predicted octanol–water partition coefficient (Wildman–Crippen LogP) is -0.141. The zero-order chi connectivity index (χ0) is 15.6. The maximum Gasteiger partial charge on any atom is 0.349 e. The Bertz CT molecular complexity index is 626. The second-order valence-electron chi connectivity index (χ2n) is 4.41. The van der Waals surface area contributed by atoms with Gasteiger partial charge < -0.3 is 10.2 Å². The zero-order valence-corrected chi connectivity index (χ0v) is 12.2. The molecule has 9 nitrogen and oxygen atoms in total. The van der Waals surface area contributed by atoms with Gasteiger partial charge in [-0.1, -0.05) is 11.8 Å². The average Bonchev–Trinajstić information content (AvgIpc) is 2.87. The Morgan fingerprint density at radius 1 is 1.43 bits per heavy atom. The number of carbonyl (C=O) groups is 3. The van der Waals surface area contributed by atoms with Crippen LogP contribution in [0.2, 0.25) is 0 Å². The number of hydrogen-bond donors (Lipinski definition) is 1. The van der Waals surface area contributed by atoms with Crippen LogP contribution in [-0.2, 0) is 16.0 Å². The number of amides is 4. The largest absolute Gasteiger partial charge is 0.416 e. The maximum absolute atomic E-state index is 12.0. The zero-order valence-electron chi connectivity index (χ0n) is 11.4. The molecule has 1 aliphatic heterocycles. The van der Waals surface area contributed by atoms with E-state index in [1.54, 1.807) is 6.92 Å². The summed E-state index contributed by atoms with van der Waals surface area (Å²) < 4.78 is 5.32. The van der Waals surface area contributed by atoms with Crippen LogP contribution in [-0.4, -0.2) is 51.5 Å². The molecule has 0 radical (unpaired) electrons. The fourth-order valence-electron chi connectivity index (χ4n) is 1.73. The monoisotopic (exact) mass is 311 g/mol. The van der Waals surface area contributed by atoms with Crippen LogP contribution in [0.4, 0.5) is 4.79 Å². The van der Waals surface area contributed by atoms with E-state index in [2.05, 4.69) is 15.2 Å². The maximum atomic E-state index is 12.0. The van der Waals surface area contributed by atoms with Crippen molar-refractivity contribution in [1.29, 1.82) is 0 Å². The highest BCUT2D eigenvalue weighted by molar-refractivity contribution is 7.99. The van der Waals surface area contributed by atoms with Gasteiger partial charge in [0.15, 0.2) is 0 Å². The van der Waals surface area contributed by atoms with Gasteiger partial charge in [0.25, 0.3) is 5.22 Å². The number of primary amides is 1. The van der Waals surface area contributed by atoms with Crippen molar-refractivity contribution in [1.82, 2.24) is 15.1 Å². The van der Waals surface area contributed by atoms with E-state index in [9.17, 15) is 14.4 Å². The van der Waals surface area contributed by atoms with Gasteiger partial charge in [-0.2, -0.15) is 0 Å². The Balaban J connectivity index is 2.07. The molecule has 4 amide bonds. The molecule has 21 heavy (non-hydrogen) atoms. The second kappa shape index (κ2) is 6.04. The van der Waals surface area contributed by atoms with E-state index in [0.29, 0.717) is 5.71 Å². The summed E-state index contributed by atoms with van der Waals surface area (Å²) in [5, 5.41) is 7.75. The number of urea groups is 1. The van der Waals surface area contributed by atoms with Gasteiger partial charge in [0, 0.05) is 19.2 Å². The number of carbonyl (C=O) groups excluding carboxylic acids is 3. The molecule has 1 unspecified atom stereocenters. The number of rotatable bonds is 5. The molecule has 1 aliphatic rings. The van der Waals surface area contributed by atoms with Crippen LogP contribution in [0.5, 0.6) is 0 Å². The summed E-state index contributed by atoms with van der Waals surface area (Å²) in [5.41, 5.74) is 5.42. The molecule has 2 N–H and O–H groups in total. The van der Waals surface area contributed by atoms with Crippen molar-refractivity contribution < 1.29 is 18.8 Å². The summed E-state index contributed by atoms with van der Waals surface area (Å²) in [4.78, 5) is 38.8. The molecule has 0 aliphatic carbocycles. The lowest BCUT2D eigenvalue weighted by molar-refractivity contribution is -0.129. The molecule has 1 aromatic heterocycles. The lowest BCUT2D eigenvalue weighted by Crippen LogP contribution is -2.44. The molecule has 0 saturated carbocycles. The predicted molar refractivity (Wildman–Crippen MR) is 72.7 cm³/mol. The van der Waals surface area contributed by atoms with E-state index in [-0.39, 0.29) is 29.2 Å². The fraction of sp³-hybridized carbons (Fsp3) is 0.455. The van der Waals surface area contributed by atoms with Gasteiger partial charge in [0.2, 0.25) is 17.7 Å². The van der Waals surface area contributed by atoms with Crippen molar-refractivity contribution in [2.75, 3.05) is 12.8 Å². The average molecular weight is 311 g/mol. The number of aromatic nitrogens is 2. The standard InChI is InChI=1S/C11H13N5O4S/c1-5-6(9(18)16(2)10(19)13-5)3-8-14-15-11(20-8)21-4-7(12)17/h6H,3-4H2,1-2H3,(H2,12,17). The van der Waals surface area contributed by atoms with Crippen molar-refractivity contribution in [2.24, 2.45) is 16.6 Å². The summed E-state index contributed by atoms with van der Waals surface area (Å²) in [5.74, 6) is -1.20. The van der Waals surface area contributed by atoms with Gasteiger partial charge in [0.1, 0.15) is 0 Å². The number of thioether (sulfide) groups is 1. The first-order valence-corrected chi connectivity index (χ1v) is 6.97. The van der Waals surface area contributed by atoms with Crippen LogP contribution in [0.3, 0.4) is 0 Å². The minimum absolute atomic E-state index is 0.0295. The fourth-order valence-corrected chi connectivity index (χ4v) is 2.25. The van der Waals surface area contributed by atoms with Crippen LogP contribution >= 0.6 is 11.8 Å². The minimum Gasteiger partial charge on any atom is -0.416 e. The third-order valence-corrected chi connectivity index (χ3v) is 3.70. The Morgan fingerprint density at radius 3 is 2.81 bits per heavy atom. The molecule has 0 saturated heterocycles. The van der Waals surface area contributed by atoms with Gasteiger partial charge in [-0.25, -0.2) is 9.79 Å². The highest BCUT2D eigenvalue weighted by Gasteiger charge is 2.34. The first-order chi connectivity index (χ1) is 9.88. The Labute approximate surface area is 124 Å². The summed E-state index contributed by atoms with van der Waals surface area (Å²) >= 11 is 1.02. The van der Waals surface area contributed by atoms with Crippen molar-refractivity contribution in [3.8, 4) is 0 Å². The van der Waals surface area contributed by atoms with Crippen molar-refractivity contribution in [3.63, 3.8) is 0 Å². The van der Waals surface area contributed by atoms with Gasteiger partial charge in [-0.3, -0.25) is 14.5 Å². The van der Waals surface area contributed by atoms with Gasteiger partial charge in [0.05, 0.1) is 11.7 Å². The van der Waals surface area contributed by atoms with Crippen molar-refractivity contribution >= 4 is 35.3 Å². The van der Waals surface area contributed by atoms with E-state index < -0.39 is 17.9 Å². The third-order valence-electron chi connectivity index (χ3n) is 2.86. The van der Waals surface area contributed by atoms with Crippen LogP contribution < -0.4 is 5.73 Å². The minimum atomic E-state index is -0.609. The topological polar surface area (TPSA) is 132 Å². The summed E-state index contributed by atoms with van der Waals surface area (Å²) in [6.07, 6.45) is 0.149. The molecule has 10 heteroatoms. The number of aliphatic imine (C=N–C) groups is 1. The first kappa shape index (κ1) is 15.2. The van der Waals surface area contributed by atoms with E-state index in [4.69, 9.17) is 10.2 Å². The summed E-state index contributed by atoms with van der Waals surface area (Å²) in [7, 11) is 1.37. The lowest BCUT2D eigenvalue weighted by atomic mass is 9.97. The van der Waals surface area contributed by atoms with Gasteiger partial charge in [-0.15, -0.1) is 10.2 Å². The molecule has 2 heterocycles. The molecule has 0 spiro atoms. The van der Waals surface area contributed by atoms with Crippen molar-refractivity contribution in [3.05, 3.63) is 5.89 Å². The Hall–Kier alpha value is -2.23. The van der Waals surface area contributed by atoms with Crippen molar-refractivity contribution in [2.45, 2.75) is 18.6 Å². The van der Waals surface area contributed by atoms with Gasteiger partial charge >= 0.3 is 6.03 Å². The molecular weight excluding hydrogens is 298 g/mol. The van der Waals surface area contributed by atoms with E-state index in [1.165, 1.54) is 7.05 Å². The lowest BCUT2D eigenvalue weighted by Gasteiger charge is -2.24.